The van der Waals surface area contributed by atoms with E-state index in [1.165, 1.54) is 9.09 Å². The first kappa shape index (κ1) is 8.04. The summed E-state index contributed by atoms with van der Waals surface area (Å²) in [6.07, 6.45) is 1.90. The number of halogens is 1. The SMILES string of the molecule is CCn1cnc2c(I)cccc21. The van der Waals surface area contributed by atoms with Gasteiger partial charge in [-0.15, -0.1) is 0 Å². The molecular weight excluding hydrogens is 263 g/mol. The number of aryl methyl sites for hydroxylation is 1. The number of benzene rings is 1. The maximum atomic E-state index is 4.34. The molecule has 0 unspecified atom stereocenters. The van der Waals surface area contributed by atoms with Crippen LogP contribution in [0.1, 0.15) is 6.92 Å². The number of fused-ring (bicyclic) bond motifs is 1. The van der Waals surface area contributed by atoms with Gasteiger partial charge < -0.3 is 4.57 Å². The lowest BCUT2D eigenvalue weighted by Crippen LogP contribution is -1.90. The van der Waals surface area contributed by atoms with Crippen molar-refractivity contribution in [3.63, 3.8) is 0 Å². The van der Waals surface area contributed by atoms with Crippen LogP contribution < -0.4 is 0 Å². The number of hydrogen-bond donors (Lipinski definition) is 0. The zero-order chi connectivity index (χ0) is 8.55. The molecule has 0 atom stereocenters. The highest BCUT2D eigenvalue weighted by Gasteiger charge is 2.02. The van der Waals surface area contributed by atoms with E-state index in [1.807, 2.05) is 6.33 Å². The Morgan fingerprint density at radius 1 is 1.50 bits per heavy atom. The number of rotatable bonds is 1. The Bertz CT molecular complexity index is 406. The van der Waals surface area contributed by atoms with Crippen LogP contribution in [0.5, 0.6) is 0 Å². The van der Waals surface area contributed by atoms with Crippen molar-refractivity contribution in [2.75, 3.05) is 0 Å². The van der Waals surface area contributed by atoms with Gasteiger partial charge in [0.25, 0.3) is 0 Å². The molecule has 0 aliphatic carbocycles. The molecule has 12 heavy (non-hydrogen) atoms. The number of imidazole rings is 1. The molecule has 0 aliphatic heterocycles. The van der Waals surface area contributed by atoms with E-state index < -0.39 is 0 Å². The van der Waals surface area contributed by atoms with Crippen molar-refractivity contribution in [3.05, 3.63) is 28.1 Å². The quantitative estimate of drug-likeness (QED) is 0.730. The van der Waals surface area contributed by atoms with Crippen molar-refractivity contribution in [2.45, 2.75) is 13.5 Å². The fraction of sp³-hybridized carbons (Fsp3) is 0.222. The summed E-state index contributed by atoms with van der Waals surface area (Å²) < 4.78 is 3.37. The van der Waals surface area contributed by atoms with Crippen molar-refractivity contribution >= 4 is 33.6 Å². The molecule has 0 bridgehead atoms. The average Bonchev–Trinajstić information content (AvgIpc) is 2.49. The van der Waals surface area contributed by atoms with Crippen molar-refractivity contribution < 1.29 is 0 Å². The first-order valence-electron chi connectivity index (χ1n) is 3.92. The smallest absolute Gasteiger partial charge is 0.102 e. The largest absolute Gasteiger partial charge is 0.331 e. The van der Waals surface area contributed by atoms with Crippen LogP contribution in [0.4, 0.5) is 0 Å². The minimum atomic E-state index is 0.983. The van der Waals surface area contributed by atoms with Gasteiger partial charge in [0.2, 0.25) is 0 Å². The van der Waals surface area contributed by atoms with Crippen LogP contribution in [0.3, 0.4) is 0 Å². The first-order valence-corrected chi connectivity index (χ1v) is 5.00. The molecule has 2 aromatic rings. The summed E-state index contributed by atoms with van der Waals surface area (Å²) in [6, 6.07) is 6.25. The van der Waals surface area contributed by atoms with Crippen LogP contribution in [0.25, 0.3) is 11.0 Å². The second kappa shape index (κ2) is 3.05. The van der Waals surface area contributed by atoms with Gasteiger partial charge in [-0.25, -0.2) is 4.98 Å². The van der Waals surface area contributed by atoms with Gasteiger partial charge in [0, 0.05) is 10.1 Å². The molecule has 62 valence electrons. The molecule has 0 N–H and O–H groups in total. The molecular formula is C9H9IN2. The molecule has 2 rings (SSSR count). The van der Waals surface area contributed by atoms with Gasteiger partial charge >= 0.3 is 0 Å². The summed E-state index contributed by atoms with van der Waals surface area (Å²) in [5, 5.41) is 0. The van der Waals surface area contributed by atoms with Crippen LogP contribution in [0, 0.1) is 3.57 Å². The molecule has 1 aromatic heterocycles. The third kappa shape index (κ3) is 1.12. The Labute approximate surface area is 84.7 Å². The second-order valence-electron chi connectivity index (χ2n) is 2.64. The second-order valence-corrected chi connectivity index (χ2v) is 3.80. The van der Waals surface area contributed by atoms with Crippen LogP contribution >= 0.6 is 22.6 Å². The molecule has 0 fully saturated rings. The Hall–Kier alpha value is -0.580. The number of para-hydroxylation sites is 1. The minimum Gasteiger partial charge on any atom is -0.331 e. The van der Waals surface area contributed by atoms with Crippen molar-refractivity contribution in [3.8, 4) is 0 Å². The summed E-state index contributed by atoms with van der Waals surface area (Å²) in [7, 11) is 0. The van der Waals surface area contributed by atoms with Gasteiger partial charge in [0.15, 0.2) is 0 Å². The maximum Gasteiger partial charge on any atom is 0.102 e. The average molecular weight is 272 g/mol. The molecule has 1 heterocycles. The number of aromatic nitrogens is 2. The fourth-order valence-electron chi connectivity index (χ4n) is 1.31. The van der Waals surface area contributed by atoms with Crippen LogP contribution in [0.15, 0.2) is 24.5 Å². The van der Waals surface area contributed by atoms with Crippen molar-refractivity contribution in [1.82, 2.24) is 9.55 Å². The van der Waals surface area contributed by atoms with Crippen LogP contribution in [-0.2, 0) is 6.54 Å². The Balaban J connectivity index is 2.80. The van der Waals surface area contributed by atoms with Gasteiger partial charge in [-0.1, -0.05) is 6.07 Å². The monoisotopic (exact) mass is 272 g/mol. The van der Waals surface area contributed by atoms with E-state index >= 15 is 0 Å². The van der Waals surface area contributed by atoms with Crippen molar-refractivity contribution in [2.24, 2.45) is 0 Å². The normalized spacial score (nSPS) is 10.8. The zero-order valence-electron chi connectivity index (χ0n) is 6.79. The predicted molar refractivity (Wildman–Crippen MR) is 58.1 cm³/mol. The van der Waals surface area contributed by atoms with E-state index in [-0.39, 0.29) is 0 Å². The number of nitrogens with zero attached hydrogens (tertiary/aromatic N) is 2. The molecule has 0 saturated carbocycles. The van der Waals surface area contributed by atoms with E-state index in [0.717, 1.165) is 12.1 Å². The maximum absolute atomic E-state index is 4.34. The van der Waals surface area contributed by atoms with Gasteiger partial charge in [-0.05, 0) is 41.6 Å². The highest BCUT2D eigenvalue weighted by molar-refractivity contribution is 14.1. The lowest BCUT2D eigenvalue weighted by atomic mass is 10.3. The van der Waals surface area contributed by atoms with E-state index in [2.05, 4.69) is 57.3 Å². The summed E-state index contributed by atoms with van der Waals surface area (Å²) in [5.74, 6) is 0. The van der Waals surface area contributed by atoms with E-state index in [1.54, 1.807) is 0 Å². The lowest BCUT2D eigenvalue weighted by molar-refractivity contribution is 0.787. The zero-order valence-corrected chi connectivity index (χ0v) is 8.95. The van der Waals surface area contributed by atoms with Gasteiger partial charge in [-0.2, -0.15) is 0 Å². The summed E-state index contributed by atoms with van der Waals surface area (Å²) in [6.45, 7) is 3.11. The van der Waals surface area contributed by atoms with Gasteiger partial charge in [-0.3, -0.25) is 0 Å². The van der Waals surface area contributed by atoms with E-state index in [9.17, 15) is 0 Å². The highest BCUT2D eigenvalue weighted by Crippen LogP contribution is 2.18. The topological polar surface area (TPSA) is 17.8 Å². The minimum absolute atomic E-state index is 0.983. The lowest BCUT2D eigenvalue weighted by Gasteiger charge is -1.97. The molecule has 0 radical (unpaired) electrons. The summed E-state index contributed by atoms with van der Waals surface area (Å²) in [5.41, 5.74) is 2.34. The molecule has 0 saturated heterocycles. The Morgan fingerprint density at radius 3 is 3.08 bits per heavy atom. The van der Waals surface area contributed by atoms with E-state index in [4.69, 9.17) is 0 Å². The predicted octanol–water partition coefficient (Wildman–Crippen LogP) is 2.66. The van der Waals surface area contributed by atoms with Gasteiger partial charge in [0.05, 0.1) is 11.8 Å². The van der Waals surface area contributed by atoms with Crippen LogP contribution in [-0.4, -0.2) is 9.55 Å². The Morgan fingerprint density at radius 2 is 2.33 bits per heavy atom. The molecule has 1 aromatic carbocycles. The third-order valence-corrected chi connectivity index (χ3v) is 2.81. The standard InChI is InChI=1S/C9H9IN2/c1-2-12-6-11-9-7(10)4-3-5-8(9)12/h3-6H,2H2,1H3. The highest BCUT2D eigenvalue weighted by atomic mass is 127. The number of hydrogen-bond acceptors (Lipinski definition) is 1. The summed E-state index contributed by atoms with van der Waals surface area (Å²) in [4.78, 5) is 4.34. The molecule has 0 spiro atoms. The fourth-order valence-corrected chi connectivity index (χ4v) is 1.93. The van der Waals surface area contributed by atoms with Gasteiger partial charge in [0.1, 0.15) is 5.52 Å². The third-order valence-electron chi connectivity index (χ3n) is 1.94. The molecule has 0 amide bonds. The Kier molecular flexibility index (Phi) is 2.04. The molecule has 3 heteroatoms. The first-order chi connectivity index (χ1) is 5.83. The molecule has 2 nitrogen and oxygen atoms in total. The van der Waals surface area contributed by atoms with Crippen LogP contribution in [0.2, 0.25) is 0 Å². The molecule has 0 aliphatic rings. The van der Waals surface area contributed by atoms with Crippen molar-refractivity contribution in [1.29, 1.82) is 0 Å². The summed E-state index contributed by atoms with van der Waals surface area (Å²) >= 11 is 2.31. The van der Waals surface area contributed by atoms with E-state index in [0.29, 0.717) is 0 Å².